The smallest absolute Gasteiger partial charge is 0.377 e. The van der Waals surface area contributed by atoms with Crippen molar-refractivity contribution in [2.24, 2.45) is 23.7 Å². The summed E-state index contributed by atoms with van der Waals surface area (Å²) in [4.78, 5) is 62.2. The van der Waals surface area contributed by atoms with Gasteiger partial charge in [-0.1, -0.05) is 0 Å². The van der Waals surface area contributed by atoms with Crippen molar-refractivity contribution in [2.45, 2.75) is 131 Å². The minimum atomic E-state index is -3.95. The molecule has 0 heterocycles. The summed E-state index contributed by atoms with van der Waals surface area (Å²) in [5.74, 6) is -9.02. The second-order valence-corrected chi connectivity index (χ2v) is 15.3. The van der Waals surface area contributed by atoms with E-state index in [0.717, 1.165) is 12.8 Å². The van der Waals surface area contributed by atoms with Crippen LogP contribution >= 0.6 is 0 Å². The minimum absolute atomic E-state index is 0.229. The molecule has 8 aliphatic carbocycles. The van der Waals surface area contributed by atoms with Crippen LogP contribution in [0.3, 0.4) is 0 Å². The molecule has 5 atom stereocenters. The third-order valence-corrected chi connectivity index (χ3v) is 10.8. The van der Waals surface area contributed by atoms with Gasteiger partial charge in [0, 0.05) is 32.6 Å². The van der Waals surface area contributed by atoms with Crippen LogP contribution in [0.25, 0.3) is 0 Å². The van der Waals surface area contributed by atoms with Crippen molar-refractivity contribution in [3.05, 3.63) is 0 Å². The van der Waals surface area contributed by atoms with Crippen molar-refractivity contribution in [1.82, 2.24) is 0 Å². The van der Waals surface area contributed by atoms with Crippen LogP contribution in [0.4, 0.5) is 8.78 Å². The number of esters is 5. The Balaban J connectivity index is 0.977. The van der Waals surface area contributed by atoms with Crippen molar-refractivity contribution in [2.75, 3.05) is 13.2 Å². The van der Waals surface area contributed by atoms with E-state index in [-0.39, 0.29) is 30.6 Å². The van der Waals surface area contributed by atoms with Crippen LogP contribution in [0.2, 0.25) is 0 Å². The third kappa shape index (κ3) is 7.17. The molecule has 0 amide bonds. The normalized spacial score (nSPS) is 39.0. The maximum Gasteiger partial charge on any atom is 0.377 e. The van der Waals surface area contributed by atoms with Gasteiger partial charge in [0.2, 0.25) is 0 Å². The van der Waals surface area contributed by atoms with E-state index in [1.165, 1.54) is 0 Å². The van der Waals surface area contributed by atoms with Gasteiger partial charge in [0.25, 0.3) is 0 Å². The van der Waals surface area contributed by atoms with Crippen LogP contribution in [-0.4, -0.2) is 87.7 Å². The minimum Gasteiger partial charge on any atom is -0.456 e. The maximum atomic E-state index is 13.6. The van der Waals surface area contributed by atoms with E-state index >= 15 is 0 Å². The molecule has 8 bridgehead atoms. The summed E-state index contributed by atoms with van der Waals surface area (Å²) in [5, 5.41) is 21.7. The van der Waals surface area contributed by atoms with Crippen molar-refractivity contribution < 1.29 is 66.7 Å². The average Bonchev–Trinajstić information content (AvgIpc) is 2.88. The lowest BCUT2D eigenvalue weighted by Gasteiger charge is -2.59. The Kier molecular flexibility index (Phi) is 8.39. The number of rotatable bonds is 12. The fraction of sp³-hybridized carbons (Fsp3) is 0.844. The third-order valence-electron chi connectivity index (χ3n) is 10.8. The molecule has 0 aromatic carbocycles. The van der Waals surface area contributed by atoms with Crippen LogP contribution in [0.15, 0.2) is 0 Å². The number of alkyl halides is 2. The second kappa shape index (κ2) is 11.7. The van der Waals surface area contributed by atoms with Crippen LogP contribution in [0, 0.1) is 23.7 Å². The van der Waals surface area contributed by atoms with E-state index in [4.69, 9.17) is 18.9 Å². The standard InChI is InChI=1S/C32H42F2O12/c1-28(33,34)27(39)44-22(26(38)43-15-25(37)46-32-12-20-5-21(13-32)9-30(41,8-20)17-32)2-3-23(35)42-14-24(36)45-31-10-18-4-19(11-31)7-29(40,6-18)16-31/h18-22,40-41H,2-17H2,1H3. The topological polar surface area (TPSA) is 172 Å². The van der Waals surface area contributed by atoms with E-state index in [2.05, 4.69) is 4.74 Å². The quantitative estimate of drug-likeness (QED) is 0.233. The lowest BCUT2D eigenvalue weighted by molar-refractivity contribution is -0.223. The molecule has 46 heavy (non-hydrogen) atoms. The largest absolute Gasteiger partial charge is 0.456 e. The summed E-state index contributed by atoms with van der Waals surface area (Å²) in [6.07, 6.45) is 4.51. The van der Waals surface area contributed by atoms with Crippen molar-refractivity contribution in [3.8, 4) is 0 Å². The first-order chi connectivity index (χ1) is 21.4. The molecule has 0 aromatic rings. The molecule has 256 valence electrons. The van der Waals surface area contributed by atoms with E-state index in [0.29, 0.717) is 64.2 Å². The fourth-order valence-corrected chi connectivity index (χ4v) is 10.2. The molecule has 0 spiro atoms. The Morgan fingerprint density at radius 2 is 1.15 bits per heavy atom. The monoisotopic (exact) mass is 656 g/mol. The SMILES string of the molecule is CC(F)(F)C(=O)OC(CCC(=O)OCC(=O)OC12CC3CC(CC(O)(C3)C1)C2)C(=O)OCC(=O)OC12CC3CC(CC(O)(C3)C1)C2. The van der Waals surface area contributed by atoms with Crippen molar-refractivity contribution in [3.63, 3.8) is 0 Å². The molecule has 8 aliphatic rings. The maximum absolute atomic E-state index is 13.6. The number of hydrogen-bond donors (Lipinski definition) is 2. The summed E-state index contributed by atoms with van der Waals surface area (Å²) >= 11 is 0. The first kappa shape index (κ1) is 33.0. The summed E-state index contributed by atoms with van der Waals surface area (Å²) < 4.78 is 53.1. The predicted octanol–water partition coefficient (Wildman–Crippen LogP) is 2.67. The van der Waals surface area contributed by atoms with Gasteiger partial charge in [-0.25, -0.2) is 19.2 Å². The molecule has 12 nitrogen and oxygen atoms in total. The molecule has 8 saturated carbocycles. The van der Waals surface area contributed by atoms with Crippen LogP contribution in [0.5, 0.6) is 0 Å². The molecule has 0 radical (unpaired) electrons. The molecule has 8 fully saturated rings. The highest BCUT2D eigenvalue weighted by molar-refractivity contribution is 5.84. The highest BCUT2D eigenvalue weighted by Gasteiger charge is 2.60. The summed E-state index contributed by atoms with van der Waals surface area (Å²) in [5.41, 5.74) is -3.41. The number of aliphatic hydroxyl groups is 2. The van der Waals surface area contributed by atoms with Crippen LogP contribution in [-0.2, 0) is 47.7 Å². The fourth-order valence-electron chi connectivity index (χ4n) is 10.2. The highest BCUT2D eigenvalue weighted by atomic mass is 19.3. The Morgan fingerprint density at radius 1 is 0.717 bits per heavy atom. The molecule has 8 rings (SSSR count). The molecule has 2 N–H and O–H groups in total. The van der Waals surface area contributed by atoms with Gasteiger partial charge in [-0.15, -0.1) is 0 Å². The van der Waals surface area contributed by atoms with E-state index in [9.17, 15) is 43.0 Å². The number of carbonyl (C=O) groups excluding carboxylic acids is 5. The van der Waals surface area contributed by atoms with E-state index in [1.54, 1.807) is 0 Å². The van der Waals surface area contributed by atoms with Gasteiger partial charge < -0.3 is 33.9 Å². The molecular weight excluding hydrogens is 614 g/mol. The number of ether oxygens (including phenoxy) is 5. The molecule has 0 aromatic heterocycles. The van der Waals surface area contributed by atoms with Gasteiger partial charge in [-0.05, 0) is 87.9 Å². The van der Waals surface area contributed by atoms with E-state index < -0.39 is 90.3 Å². The van der Waals surface area contributed by atoms with Crippen molar-refractivity contribution >= 4 is 29.8 Å². The molecule has 0 aliphatic heterocycles. The number of carbonyl (C=O) groups is 5. The molecule has 14 heteroatoms. The summed E-state index contributed by atoms with van der Waals surface area (Å²) in [6.45, 7) is -1.35. The zero-order valence-electron chi connectivity index (χ0n) is 25.9. The average molecular weight is 657 g/mol. The van der Waals surface area contributed by atoms with Crippen LogP contribution < -0.4 is 0 Å². The van der Waals surface area contributed by atoms with E-state index in [1.807, 2.05) is 0 Å². The van der Waals surface area contributed by atoms with Gasteiger partial charge in [-0.2, -0.15) is 8.78 Å². The Hall–Kier alpha value is -2.87. The highest BCUT2D eigenvalue weighted by Crippen LogP contribution is 2.60. The van der Waals surface area contributed by atoms with Gasteiger partial charge in [0.1, 0.15) is 11.2 Å². The summed E-state index contributed by atoms with van der Waals surface area (Å²) in [6, 6.07) is 0. The number of hydrogen-bond acceptors (Lipinski definition) is 12. The zero-order chi connectivity index (χ0) is 33.1. The molecule has 0 saturated heterocycles. The van der Waals surface area contributed by atoms with Gasteiger partial charge in [0.05, 0.1) is 11.2 Å². The molecular formula is C32H42F2O12. The first-order valence-corrected chi connectivity index (χ1v) is 16.2. The van der Waals surface area contributed by atoms with Gasteiger partial charge >= 0.3 is 35.8 Å². The number of halogens is 2. The van der Waals surface area contributed by atoms with Gasteiger partial charge in [0.15, 0.2) is 19.3 Å². The zero-order valence-corrected chi connectivity index (χ0v) is 25.9. The summed E-state index contributed by atoms with van der Waals surface area (Å²) in [7, 11) is 0. The van der Waals surface area contributed by atoms with Crippen molar-refractivity contribution in [1.29, 1.82) is 0 Å². The van der Waals surface area contributed by atoms with Crippen LogP contribution in [0.1, 0.15) is 96.8 Å². The second-order valence-electron chi connectivity index (χ2n) is 15.3. The Labute approximate surface area is 264 Å². The predicted molar refractivity (Wildman–Crippen MR) is 149 cm³/mol. The lowest BCUT2D eigenvalue weighted by atomic mass is 9.52. The Morgan fingerprint density at radius 3 is 1.57 bits per heavy atom. The first-order valence-electron chi connectivity index (χ1n) is 16.2. The molecule has 5 unspecified atom stereocenters. The Bertz CT molecular complexity index is 1250. The van der Waals surface area contributed by atoms with Gasteiger partial charge in [-0.3, -0.25) is 4.79 Å². The lowest BCUT2D eigenvalue weighted by Crippen LogP contribution is -2.60.